The highest BCUT2D eigenvalue weighted by Crippen LogP contribution is 2.32. The summed E-state index contributed by atoms with van der Waals surface area (Å²) in [7, 11) is 1.41. The molecule has 3 nitrogen and oxygen atoms in total. The first kappa shape index (κ1) is 14.8. The van der Waals surface area contributed by atoms with Crippen LogP contribution >= 0.6 is 0 Å². The molecule has 0 radical (unpaired) electrons. The van der Waals surface area contributed by atoms with Gasteiger partial charge in [0.25, 0.3) is 0 Å². The first-order valence-corrected chi connectivity index (χ1v) is 7.20. The van der Waals surface area contributed by atoms with Gasteiger partial charge in [-0.1, -0.05) is 19.8 Å². The monoisotopic (exact) mass is 279 g/mol. The molecule has 20 heavy (non-hydrogen) atoms. The van der Waals surface area contributed by atoms with Crippen molar-refractivity contribution in [2.45, 2.75) is 38.6 Å². The van der Waals surface area contributed by atoms with Crippen LogP contribution in [0.15, 0.2) is 24.3 Å². The molecule has 3 unspecified atom stereocenters. The highest BCUT2D eigenvalue weighted by molar-refractivity contribution is 5.79. The summed E-state index contributed by atoms with van der Waals surface area (Å²) in [6, 6.07) is 5.73. The standard InChI is InChI=1S/C16H22FNO2/c1-11-4-3-5-12(10-11)15(16(19)20-2)18-14-8-6-13(17)7-9-14/h6-9,11-12,15,18H,3-5,10H2,1-2H3. The lowest BCUT2D eigenvalue weighted by atomic mass is 9.78. The number of benzene rings is 1. The molecule has 0 aliphatic heterocycles. The Morgan fingerprint density at radius 3 is 2.65 bits per heavy atom. The van der Waals surface area contributed by atoms with Crippen LogP contribution < -0.4 is 5.32 Å². The Hall–Kier alpha value is -1.58. The van der Waals surface area contributed by atoms with Crippen molar-refractivity contribution in [3.05, 3.63) is 30.1 Å². The van der Waals surface area contributed by atoms with Crippen LogP contribution in [0.4, 0.5) is 10.1 Å². The molecule has 1 aliphatic carbocycles. The van der Waals surface area contributed by atoms with Gasteiger partial charge in [-0.05, 0) is 48.9 Å². The average Bonchev–Trinajstić information content (AvgIpc) is 2.46. The molecular formula is C16H22FNO2. The quantitative estimate of drug-likeness (QED) is 0.856. The van der Waals surface area contributed by atoms with E-state index in [0.29, 0.717) is 5.92 Å². The summed E-state index contributed by atoms with van der Waals surface area (Å²) in [4.78, 5) is 12.0. The van der Waals surface area contributed by atoms with Crippen LogP contribution in [-0.4, -0.2) is 19.1 Å². The van der Waals surface area contributed by atoms with Crippen molar-refractivity contribution in [3.8, 4) is 0 Å². The van der Waals surface area contributed by atoms with Crippen LogP contribution in [0.3, 0.4) is 0 Å². The van der Waals surface area contributed by atoms with Crippen molar-refractivity contribution in [2.75, 3.05) is 12.4 Å². The summed E-state index contributed by atoms with van der Waals surface area (Å²) in [6.45, 7) is 2.22. The van der Waals surface area contributed by atoms with Crippen LogP contribution in [0.5, 0.6) is 0 Å². The second-order valence-electron chi connectivity index (χ2n) is 5.68. The molecule has 1 aliphatic rings. The molecule has 0 saturated heterocycles. The molecule has 1 N–H and O–H groups in total. The Morgan fingerprint density at radius 1 is 1.35 bits per heavy atom. The molecule has 3 atom stereocenters. The fourth-order valence-corrected chi connectivity index (χ4v) is 3.01. The van der Waals surface area contributed by atoms with Crippen LogP contribution in [0, 0.1) is 17.7 Å². The Kier molecular flexibility index (Phi) is 4.99. The molecule has 1 aromatic rings. The lowest BCUT2D eigenvalue weighted by Gasteiger charge is -2.32. The van der Waals surface area contributed by atoms with Gasteiger partial charge in [0.05, 0.1) is 7.11 Å². The summed E-state index contributed by atoms with van der Waals surface area (Å²) in [5.41, 5.74) is 0.750. The molecule has 110 valence electrons. The zero-order valence-electron chi connectivity index (χ0n) is 12.1. The number of rotatable bonds is 4. The molecule has 4 heteroatoms. The second kappa shape index (κ2) is 6.73. The normalized spacial score (nSPS) is 23.9. The Labute approximate surface area is 119 Å². The van der Waals surface area contributed by atoms with E-state index in [2.05, 4.69) is 12.2 Å². The van der Waals surface area contributed by atoms with E-state index in [1.54, 1.807) is 12.1 Å². The van der Waals surface area contributed by atoms with E-state index in [0.717, 1.165) is 24.9 Å². The van der Waals surface area contributed by atoms with E-state index in [1.165, 1.54) is 25.7 Å². The predicted molar refractivity (Wildman–Crippen MR) is 76.9 cm³/mol. The number of hydrogen-bond donors (Lipinski definition) is 1. The molecule has 0 heterocycles. The van der Waals surface area contributed by atoms with Gasteiger partial charge in [0, 0.05) is 5.69 Å². The van der Waals surface area contributed by atoms with Crippen molar-refractivity contribution in [1.29, 1.82) is 0 Å². The van der Waals surface area contributed by atoms with Gasteiger partial charge in [0.2, 0.25) is 0 Å². The first-order valence-electron chi connectivity index (χ1n) is 7.20. The topological polar surface area (TPSA) is 38.3 Å². The zero-order valence-corrected chi connectivity index (χ0v) is 12.1. The first-order chi connectivity index (χ1) is 9.60. The molecule has 1 aromatic carbocycles. The SMILES string of the molecule is COC(=O)C(Nc1ccc(F)cc1)C1CCCC(C)C1. The number of anilines is 1. The van der Waals surface area contributed by atoms with Crippen molar-refractivity contribution in [2.24, 2.45) is 11.8 Å². The summed E-state index contributed by atoms with van der Waals surface area (Å²) in [5.74, 6) is 0.386. The fourth-order valence-electron chi connectivity index (χ4n) is 3.01. The number of ether oxygens (including phenoxy) is 1. The van der Waals surface area contributed by atoms with Crippen LogP contribution in [0.1, 0.15) is 32.6 Å². The lowest BCUT2D eigenvalue weighted by molar-refractivity contribution is -0.143. The highest BCUT2D eigenvalue weighted by Gasteiger charge is 2.32. The van der Waals surface area contributed by atoms with E-state index < -0.39 is 0 Å². The summed E-state index contributed by atoms with van der Waals surface area (Å²) >= 11 is 0. The van der Waals surface area contributed by atoms with E-state index in [1.807, 2.05) is 0 Å². The third kappa shape index (κ3) is 3.71. The highest BCUT2D eigenvalue weighted by atomic mass is 19.1. The number of methoxy groups -OCH3 is 1. The van der Waals surface area contributed by atoms with Gasteiger partial charge >= 0.3 is 5.97 Å². The third-order valence-electron chi connectivity index (χ3n) is 4.07. The fraction of sp³-hybridized carbons (Fsp3) is 0.562. The van der Waals surface area contributed by atoms with Crippen LogP contribution in [-0.2, 0) is 9.53 Å². The minimum absolute atomic E-state index is 0.242. The van der Waals surface area contributed by atoms with Gasteiger partial charge in [-0.3, -0.25) is 0 Å². The maximum atomic E-state index is 12.9. The van der Waals surface area contributed by atoms with Crippen LogP contribution in [0.2, 0.25) is 0 Å². The molecule has 2 rings (SSSR count). The van der Waals surface area contributed by atoms with E-state index >= 15 is 0 Å². The van der Waals surface area contributed by atoms with Gasteiger partial charge in [-0.25, -0.2) is 9.18 Å². The van der Waals surface area contributed by atoms with Gasteiger partial charge in [0.1, 0.15) is 11.9 Å². The molecule has 0 bridgehead atoms. The summed E-state index contributed by atoms with van der Waals surface area (Å²) in [6.07, 6.45) is 4.41. The molecule has 0 aromatic heterocycles. The van der Waals surface area contributed by atoms with Gasteiger partial charge in [0.15, 0.2) is 0 Å². The van der Waals surface area contributed by atoms with Crippen molar-refractivity contribution in [3.63, 3.8) is 0 Å². The maximum Gasteiger partial charge on any atom is 0.328 e. The Balaban J connectivity index is 2.10. The minimum atomic E-state index is -0.354. The number of esters is 1. The van der Waals surface area contributed by atoms with Gasteiger partial charge in [-0.15, -0.1) is 0 Å². The number of carbonyl (C=O) groups is 1. The van der Waals surface area contributed by atoms with Crippen molar-refractivity contribution >= 4 is 11.7 Å². The third-order valence-corrected chi connectivity index (χ3v) is 4.07. The summed E-state index contributed by atoms with van der Waals surface area (Å²) in [5, 5.41) is 3.21. The summed E-state index contributed by atoms with van der Waals surface area (Å²) < 4.78 is 17.9. The number of carbonyl (C=O) groups excluding carboxylic acids is 1. The molecular weight excluding hydrogens is 257 g/mol. The largest absolute Gasteiger partial charge is 0.467 e. The lowest BCUT2D eigenvalue weighted by Crippen LogP contribution is -2.40. The van der Waals surface area contributed by atoms with Gasteiger partial charge in [-0.2, -0.15) is 0 Å². The van der Waals surface area contributed by atoms with Gasteiger partial charge < -0.3 is 10.1 Å². The smallest absolute Gasteiger partial charge is 0.328 e. The van der Waals surface area contributed by atoms with Crippen LogP contribution in [0.25, 0.3) is 0 Å². The molecule has 1 saturated carbocycles. The molecule has 0 amide bonds. The second-order valence-corrected chi connectivity index (χ2v) is 5.68. The number of hydrogen-bond acceptors (Lipinski definition) is 3. The average molecular weight is 279 g/mol. The van der Waals surface area contributed by atoms with Crippen molar-refractivity contribution in [1.82, 2.24) is 0 Å². The van der Waals surface area contributed by atoms with E-state index in [9.17, 15) is 9.18 Å². The Morgan fingerprint density at radius 2 is 2.05 bits per heavy atom. The molecule has 0 spiro atoms. The number of halogens is 1. The molecule has 1 fully saturated rings. The Bertz CT molecular complexity index is 446. The van der Waals surface area contributed by atoms with E-state index in [4.69, 9.17) is 4.74 Å². The van der Waals surface area contributed by atoms with E-state index in [-0.39, 0.29) is 23.7 Å². The van der Waals surface area contributed by atoms with Crippen molar-refractivity contribution < 1.29 is 13.9 Å². The zero-order chi connectivity index (χ0) is 14.5. The minimum Gasteiger partial charge on any atom is -0.467 e. The maximum absolute atomic E-state index is 12.9. The predicted octanol–water partition coefficient (Wildman–Crippen LogP) is 3.61. The number of nitrogens with one attached hydrogen (secondary N) is 1.